The van der Waals surface area contributed by atoms with E-state index in [4.69, 9.17) is 4.74 Å². The lowest BCUT2D eigenvalue weighted by atomic mass is 10.2. The molecule has 1 saturated heterocycles. The second-order valence-electron chi connectivity index (χ2n) is 3.26. The number of nitrogens with zero attached hydrogens (tertiary/aromatic N) is 1. The van der Waals surface area contributed by atoms with Gasteiger partial charge in [-0.05, 0) is 5.92 Å². The van der Waals surface area contributed by atoms with Crippen molar-refractivity contribution in [2.75, 3.05) is 33.5 Å². The Kier molecular flexibility index (Phi) is 3.49. The van der Waals surface area contributed by atoms with Gasteiger partial charge in [0.25, 0.3) is 0 Å². The smallest absolute Gasteiger partial charge is 0.237 e. The van der Waals surface area contributed by atoms with Crippen LogP contribution in [0.3, 0.4) is 0 Å². The Bertz CT molecular complexity index is 161. The lowest BCUT2D eigenvalue weighted by Crippen LogP contribution is -2.32. The molecule has 0 spiro atoms. The quantitative estimate of drug-likeness (QED) is 0.630. The Balaban J connectivity index is 2.25. The predicted octanol–water partition coefficient (Wildman–Crippen LogP) is -0.342. The molecule has 1 N–H and O–H groups in total. The maximum absolute atomic E-state index is 11.1. The molecule has 70 valence electrons. The number of hydrogen-bond donors (Lipinski definition) is 1. The molecule has 0 radical (unpaired) electrons. The minimum atomic E-state index is 0.193. The third kappa shape index (κ3) is 2.46. The first-order chi connectivity index (χ1) is 5.74. The summed E-state index contributed by atoms with van der Waals surface area (Å²) in [5.41, 5.74) is 0. The molecule has 0 bridgehead atoms. The largest absolute Gasteiger partial charge is 0.384 e. The van der Waals surface area contributed by atoms with E-state index >= 15 is 0 Å². The van der Waals surface area contributed by atoms with Crippen molar-refractivity contribution in [1.29, 1.82) is 0 Å². The van der Waals surface area contributed by atoms with Gasteiger partial charge in [-0.1, -0.05) is 6.92 Å². The summed E-state index contributed by atoms with van der Waals surface area (Å²) in [6, 6.07) is 0. The molecule has 0 aromatic heterocycles. The number of amides is 1. The number of methoxy groups -OCH3 is 1. The first-order valence-electron chi connectivity index (χ1n) is 4.21. The van der Waals surface area contributed by atoms with Gasteiger partial charge in [0.05, 0.1) is 19.8 Å². The van der Waals surface area contributed by atoms with Crippen LogP contribution in [0.5, 0.6) is 0 Å². The highest BCUT2D eigenvalue weighted by Gasteiger charge is 2.20. The summed E-state index contributed by atoms with van der Waals surface area (Å²) in [6.07, 6.45) is 0. The fraction of sp³-hybridized carbons (Fsp3) is 0.875. The van der Waals surface area contributed by atoms with Crippen molar-refractivity contribution in [1.82, 2.24) is 10.2 Å². The van der Waals surface area contributed by atoms with Crippen molar-refractivity contribution in [3.63, 3.8) is 0 Å². The van der Waals surface area contributed by atoms with Crippen molar-refractivity contribution in [2.45, 2.75) is 6.92 Å². The van der Waals surface area contributed by atoms with Crippen molar-refractivity contribution < 1.29 is 9.53 Å². The Labute approximate surface area is 72.9 Å². The fourth-order valence-electron chi connectivity index (χ4n) is 1.38. The van der Waals surface area contributed by atoms with Gasteiger partial charge in [-0.15, -0.1) is 0 Å². The fourth-order valence-corrected chi connectivity index (χ4v) is 1.38. The molecule has 1 rings (SSSR count). The summed E-state index contributed by atoms with van der Waals surface area (Å²) in [6.45, 7) is 4.76. The van der Waals surface area contributed by atoms with E-state index in [2.05, 4.69) is 12.2 Å². The maximum Gasteiger partial charge on any atom is 0.237 e. The summed E-state index contributed by atoms with van der Waals surface area (Å²) >= 11 is 0. The molecule has 1 atom stereocenters. The van der Waals surface area contributed by atoms with Gasteiger partial charge in [-0.3, -0.25) is 10.1 Å². The van der Waals surface area contributed by atoms with E-state index in [9.17, 15) is 4.79 Å². The Hall–Kier alpha value is -0.610. The minimum absolute atomic E-state index is 0.193. The third-order valence-electron chi connectivity index (χ3n) is 1.91. The van der Waals surface area contributed by atoms with Gasteiger partial charge in [0.2, 0.25) is 5.91 Å². The zero-order chi connectivity index (χ0) is 8.97. The van der Waals surface area contributed by atoms with Gasteiger partial charge in [0.15, 0.2) is 0 Å². The van der Waals surface area contributed by atoms with Crippen LogP contribution in [-0.2, 0) is 9.53 Å². The van der Waals surface area contributed by atoms with E-state index in [1.54, 1.807) is 7.11 Å². The summed E-state index contributed by atoms with van der Waals surface area (Å²) < 4.78 is 4.99. The standard InChI is InChI=1S/C8H16N2O2/c1-7(5-12-2)4-10-6-9-3-8(10)11/h7,9H,3-6H2,1-2H3. The Morgan fingerprint density at radius 3 is 3.00 bits per heavy atom. The van der Waals surface area contributed by atoms with E-state index in [1.165, 1.54) is 0 Å². The van der Waals surface area contributed by atoms with Crippen LogP contribution in [-0.4, -0.2) is 44.3 Å². The van der Waals surface area contributed by atoms with Crippen LogP contribution in [0.15, 0.2) is 0 Å². The highest BCUT2D eigenvalue weighted by atomic mass is 16.5. The molecule has 1 fully saturated rings. The minimum Gasteiger partial charge on any atom is -0.384 e. The summed E-state index contributed by atoms with van der Waals surface area (Å²) in [7, 11) is 1.68. The average Bonchev–Trinajstić information content (AvgIpc) is 2.37. The second-order valence-corrected chi connectivity index (χ2v) is 3.26. The molecular formula is C8H16N2O2. The SMILES string of the molecule is COCC(C)CN1CNCC1=O. The number of carbonyl (C=O) groups excluding carboxylic acids is 1. The molecule has 0 aromatic carbocycles. The maximum atomic E-state index is 11.1. The zero-order valence-corrected chi connectivity index (χ0v) is 7.67. The zero-order valence-electron chi connectivity index (χ0n) is 7.67. The summed E-state index contributed by atoms with van der Waals surface area (Å²) in [4.78, 5) is 13.0. The van der Waals surface area contributed by atoms with Gasteiger partial charge < -0.3 is 9.64 Å². The predicted molar refractivity (Wildman–Crippen MR) is 45.6 cm³/mol. The first-order valence-corrected chi connectivity index (χ1v) is 4.21. The van der Waals surface area contributed by atoms with Gasteiger partial charge >= 0.3 is 0 Å². The molecule has 4 heteroatoms. The van der Waals surface area contributed by atoms with E-state index in [0.717, 1.165) is 6.54 Å². The monoisotopic (exact) mass is 172 g/mol. The number of carbonyl (C=O) groups is 1. The van der Waals surface area contributed by atoms with Crippen LogP contribution in [0.4, 0.5) is 0 Å². The molecule has 0 saturated carbocycles. The lowest BCUT2D eigenvalue weighted by molar-refractivity contribution is -0.127. The lowest BCUT2D eigenvalue weighted by Gasteiger charge is -2.19. The van der Waals surface area contributed by atoms with Crippen molar-refractivity contribution >= 4 is 5.91 Å². The Morgan fingerprint density at radius 2 is 2.50 bits per heavy atom. The molecule has 1 aliphatic rings. The molecule has 1 heterocycles. The summed E-state index contributed by atoms with van der Waals surface area (Å²) in [5, 5.41) is 3.01. The molecule has 1 amide bonds. The number of nitrogens with one attached hydrogen (secondary N) is 1. The highest BCUT2D eigenvalue weighted by Crippen LogP contribution is 2.02. The van der Waals surface area contributed by atoms with Gasteiger partial charge in [-0.2, -0.15) is 0 Å². The Morgan fingerprint density at radius 1 is 1.75 bits per heavy atom. The van der Waals surface area contributed by atoms with Crippen LogP contribution in [0, 0.1) is 5.92 Å². The molecule has 12 heavy (non-hydrogen) atoms. The van der Waals surface area contributed by atoms with E-state index in [-0.39, 0.29) is 5.91 Å². The molecule has 0 aromatic rings. The highest BCUT2D eigenvalue weighted by molar-refractivity contribution is 5.79. The van der Waals surface area contributed by atoms with Crippen LogP contribution in [0.1, 0.15) is 6.92 Å². The number of rotatable bonds is 4. The van der Waals surface area contributed by atoms with Crippen LogP contribution in [0.2, 0.25) is 0 Å². The molecular weight excluding hydrogens is 156 g/mol. The van der Waals surface area contributed by atoms with Crippen LogP contribution < -0.4 is 5.32 Å². The molecule has 0 aliphatic carbocycles. The third-order valence-corrected chi connectivity index (χ3v) is 1.91. The van der Waals surface area contributed by atoms with Crippen LogP contribution >= 0.6 is 0 Å². The van der Waals surface area contributed by atoms with E-state index in [0.29, 0.717) is 25.7 Å². The topological polar surface area (TPSA) is 41.6 Å². The van der Waals surface area contributed by atoms with Gasteiger partial charge in [0, 0.05) is 13.7 Å². The van der Waals surface area contributed by atoms with Gasteiger partial charge in [-0.25, -0.2) is 0 Å². The van der Waals surface area contributed by atoms with Gasteiger partial charge in [0.1, 0.15) is 0 Å². The van der Waals surface area contributed by atoms with Crippen molar-refractivity contribution in [2.24, 2.45) is 5.92 Å². The first kappa shape index (κ1) is 9.48. The molecule has 1 aliphatic heterocycles. The second kappa shape index (κ2) is 4.42. The summed E-state index contributed by atoms with van der Waals surface area (Å²) in [5.74, 6) is 0.608. The van der Waals surface area contributed by atoms with E-state index in [1.807, 2.05) is 4.90 Å². The van der Waals surface area contributed by atoms with Crippen LogP contribution in [0.25, 0.3) is 0 Å². The number of ether oxygens (including phenoxy) is 1. The number of hydrogen-bond acceptors (Lipinski definition) is 3. The average molecular weight is 172 g/mol. The molecule has 4 nitrogen and oxygen atoms in total. The van der Waals surface area contributed by atoms with Crippen molar-refractivity contribution in [3.8, 4) is 0 Å². The molecule has 1 unspecified atom stereocenters. The van der Waals surface area contributed by atoms with E-state index < -0.39 is 0 Å². The normalized spacial score (nSPS) is 20.2. The van der Waals surface area contributed by atoms with Crippen molar-refractivity contribution in [3.05, 3.63) is 0 Å².